The van der Waals surface area contributed by atoms with E-state index in [0.717, 1.165) is 11.3 Å². The zero-order valence-corrected chi connectivity index (χ0v) is 18.8. The van der Waals surface area contributed by atoms with Crippen molar-refractivity contribution >= 4 is 0 Å². The number of nitrogens with one attached hydrogen (secondary N) is 1. The van der Waals surface area contributed by atoms with E-state index in [1.807, 2.05) is 31.2 Å². The Hall–Kier alpha value is -4.32. The van der Waals surface area contributed by atoms with Gasteiger partial charge in [-0.25, -0.2) is 0 Å². The monoisotopic (exact) mass is 448 g/mol. The van der Waals surface area contributed by atoms with Gasteiger partial charge in [-0.2, -0.15) is 5.26 Å². The maximum Gasteiger partial charge on any atom is 0.244 e. The second-order valence-corrected chi connectivity index (χ2v) is 7.15. The Labute approximate surface area is 191 Å². The Kier molecular flexibility index (Phi) is 6.00. The molecule has 0 aliphatic carbocycles. The Morgan fingerprint density at radius 1 is 1.03 bits per heavy atom. The van der Waals surface area contributed by atoms with Gasteiger partial charge >= 0.3 is 0 Å². The van der Waals surface area contributed by atoms with E-state index in [1.54, 1.807) is 33.5 Å². The predicted molar refractivity (Wildman–Crippen MR) is 121 cm³/mol. The molecule has 0 spiro atoms. The molecule has 0 radical (unpaired) electrons. The van der Waals surface area contributed by atoms with Crippen LogP contribution in [0.3, 0.4) is 0 Å². The van der Waals surface area contributed by atoms with Gasteiger partial charge in [0.25, 0.3) is 0 Å². The first kappa shape index (κ1) is 21.9. The topological polar surface area (TPSA) is 125 Å². The van der Waals surface area contributed by atoms with E-state index in [4.69, 9.17) is 29.4 Å². The number of aromatic amines is 1. The summed E-state index contributed by atoms with van der Waals surface area (Å²) in [5.74, 6) is 1.85. The Morgan fingerprint density at radius 2 is 1.70 bits per heavy atom. The Balaban J connectivity index is 1.96. The molecular formula is C24H24N4O5. The van der Waals surface area contributed by atoms with Gasteiger partial charge < -0.3 is 29.4 Å². The van der Waals surface area contributed by atoms with Crippen LogP contribution in [0.15, 0.2) is 47.9 Å². The van der Waals surface area contributed by atoms with E-state index in [-0.39, 0.29) is 17.3 Å². The van der Waals surface area contributed by atoms with Crippen molar-refractivity contribution in [1.82, 2.24) is 10.2 Å². The van der Waals surface area contributed by atoms with Crippen molar-refractivity contribution in [3.05, 3.63) is 59.0 Å². The number of ether oxygens (including phenoxy) is 5. The maximum atomic E-state index is 10.0. The number of allylic oxidation sites excluding steroid dienone is 1. The van der Waals surface area contributed by atoms with Crippen molar-refractivity contribution in [2.24, 2.45) is 5.73 Å². The molecule has 9 heteroatoms. The van der Waals surface area contributed by atoms with Gasteiger partial charge in [-0.05, 0) is 31.2 Å². The Morgan fingerprint density at radius 3 is 2.24 bits per heavy atom. The minimum Gasteiger partial charge on any atom is -0.496 e. The molecular weight excluding hydrogens is 424 g/mol. The van der Waals surface area contributed by atoms with Crippen LogP contribution in [-0.2, 0) is 0 Å². The minimum atomic E-state index is -0.658. The second-order valence-electron chi connectivity index (χ2n) is 7.15. The normalized spacial score (nSPS) is 14.7. The maximum absolute atomic E-state index is 10.0. The highest BCUT2D eigenvalue weighted by atomic mass is 16.5. The van der Waals surface area contributed by atoms with E-state index in [0.29, 0.717) is 40.7 Å². The quantitative estimate of drug-likeness (QED) is 0.560. The molecule has 170 valence electrons. The predicted octanol–water partition coefficient (Wildman–Crippen LogP) is 3.72. The van der Waals surface area contributed by atoms with Crippen LogP contribution in [0.2, 0.25) is 0 Å². The smallest absolute Gasteiger partial charge is 0.244 e. The van der Waals surface area contributed by atoms with Crippen molar-refractivity contribution in [1.29, 1.82) is 5.26 Å². The molecule has 0 saturated carbocycles. The number of benzene rings is 2. The third-order valence-corrected chi connectivity index (χ3v) is 5.43. The lowest BCUT2D eigenvalue weighted by molar-refractivity contribution is 0.340. The van der Waals surface area contributed by atoms with Gasteiger partial charge in [0, 0.05) is 23.3 Å². The molecule has 1 aliphatic rings. The van der Waals surface area contributed by atoms with Crippen LogP contribution in [0, 0.1) is 11.3 Å². The molecule has 3 aromatic rings. The number of aromatic nitrogens is 2. The highest BCUT2D eigenvalue weighted by molar-refractivity contribution is 5.73. The summed E-state index contributed by atoms with van der Waals surface area (Å²) in [5, 5.41) is 17.4. The van der Waals surface area contributed by atoms with Crippen LogP contribution >= 0.6 is 0 Å². The zero-order valence-electron chi connectivity index (χ0n) is 18.8. The van der Waals surface area contributed by atoms with Crippen molar-refractivity contribution < 1.29 is 23.7 Å². The number of hydrogen-bond acceptors (Lipinski definition) is 8. The highest BCUT2D eigenvalue weighted by Crippen LogP contribution is 2.51. The molecule has 33 heavy (non-hydrogen) atoms. The fraction of sp³-hybridized carbons (Fsp3) is 0.250. The van der Waals surface area contributed by atoms with Crippen LogP contribution in [0.4, 0.5) is 0 Å². The number of nitrogens with two attached hydrogens (primary N) is 1. The summed E-state index contributed by atoms with van der Waals surface area (Å²) < 4.78 is 28.0. The number of nitrogens with zero attached hydrogens (tertiary/aromatic N) is 2. The fourth-order valence-electron chi connectivity index (χ4n) is 3.96. The number of hydrogen-bond donors (Lipinski definition) is 2. The molecule has 0 fully saturated rings. The summed E-state index contributed by atoms with van der Waals surface area (Å²) in [6.45, 7) is 2.50. The molecule has 3 N–H and O–H groups in total. The summed E-state index contributed by atoms with van der Waals surface area (Å²) in [4.78, 5) is 0. The summed E-state index contributed by atoms with van der Waals surface area (Å²) in [6, 6.07) is 13.2. The molecule has 1 aliphatic heterocycles. The van der Waals surface area contributed by atoms with Gasteiger partial charge in [0.05, 0.1) is 45.1 Å². The van der Waals surface area contributed by atoms with Crippen molar-refractivity contribution in [3.8, 4) is 46.2 Å². The van der Waals surface area contributed by atoms with Gasteiger partial charge in [-0.15, -0.1) is 5.10 Å². The standard InChI is InChI=1S/C24H24N4O5/c1-5-32-14-8-6-13(7-9-14)22-21-19(16(12-25)23(26)33-24(21)28-27-22)20-17(30-3)10-15(29-2)11-18(20)31-4/h6-11,19H,5,26H2,1-4H3,(H,27,28). The fourth-order valence-corrected chi connectivity index (χ4v) is 3.96. The Bertz CT molecular complexity index is 1220. The lowest BCUT2D eigenvalue weighted by Crippen LogP contribution is -2.21. The average Bonchev–Trinajstić information content (AvgIpc) is 3.26. The molecule has 0 saturated heterocycles. The molecule has 2 heterocycles. The van der Waals surface area contributed by atoms with Gasteiger partial charge in [0.1, 0.15) is 34.6 Å². The van der Waals surface area contributed by atoms with E-state index in [9.17, 15) is 5.26 Å². The molecule has 1 atom stereocenters. The first-order chi connectivity index (χ1) is 16.1. The van der Waals surface area contributed by atoms with E-state index >= 15 is 0 Å². The third-order valence-electron chi connectivity index (χ3n) is 5.43. The summed E-state index contributed by atoms with van der Waals surface area (Å²) in [6.07, 6.45) is 0. The molecule has 4 rings (SSSR count). The molecule has 9 nitrogen and oxygen atoms in total. The van der Waals surface area contributed by atoms with E-state index in [2.05, 4.69) is 16.3 Å². The van der Waals surface area contributed by atoms with Crippen molar-refractivity contribution in [3.63, 3.8) is 0 Å². The number of methoxy groups -OCH3 is 3. The molecule has 0 bridgehead atoms. The highest BCUT2D eigenvalue weighted by Gasteiger charge is 2.39. The van der Waals surface area contributed by atoms with E-state index < -0.39 is 5.92 Å². The number of nitriles is 1. The number of fused-ring (bicyclic) bond motifs is 1. The van der Waals surface area contributed by atoms with Gasteiger partial charge in [0.15, 0.2) is 0 Å². The van der Waals surface area contributed by atoms with Gasteiger partial charge in [-0.1, -0.05) is 0 Å². The van der Waals surface area contributed by atoms with Gasteiger partial charge in [0.2, 0.25) is 11.8 Å². The largest absolute Gasteiger partial charge is 0.496 e. The van der Waals surface area contributed by atoms with Crippen LogP contribution in [0.25, 0.3) is 11.3 Å². The van der Waals surface area contributed by atoms with Crippen LogP contribution in [0.5, 0.6) is 28.9 Å². The number of H-pyrrole nitrogens is 1. The van der Waals surface area contributed by atoms with Crippen LogP contribution in [-0.4, -0.2) is 38.1 Å². The summed E-state index contributed by atoms with van der Waals surface area (Å²) >= 11 is 0. The summed E-state index contributed by atoms with van der Waals surface area (Å²) in [5.41, 5.74) is 9.12. The average molecular weight is 448 g/mol. The molecule has 0 amide bonds. The third kappa shape index (κ3) is 3.76. The molecule has 2 aromatic carbocycles. The second kappa shape index (κ2) is 9.04. The zero-order chi connectivity index (χ0) is 23.5. The van der Waals surface area contributed by atoms with Crippen LogP contribution < -0.4 is 29.4 Å². The van der Waals surface area contributed by atoms with E-state index in [1.165, 1.54) is 0 Å². The number of rotatable bonds is 7. The minimum absolute atomic E-state index is 0.0281. The van der Waals surface area contributed by atoms with Crippen LogP contribution in [0.1, 0.15) is 24.0 Å². The van der Waals surface area contributed by atoms with Crippen molar-refractivity contribution in [2.75, 3.05) is 27.9 Å². The molecule has 1 aromatic heterocycles. The lowest BCUT2D eigenvalue weighted by Gasteiger charge is -2.27. The van der Waals surface area contributed by atoms with Gasteiger partial charge in [-0.3, -0.25) is 5.10 Å². The van der Waals surface area contributed by atoms with Crippen molar-refractivity contribution in [2.45, 2.75) is 12.8 Å². The molecule has 1 unspecified atom stereocenters. The lowest BCUT2D eigenvalue weighted by atomic mass is 9.82. The first-order valence-electron chi connectivity index (χ1n) is 10.2. The SMILES string of the molecule is CCOc1ccc(-c2[nH]nc3c2C(c2c(OC)cc(OC)cc2OC)C(C#N)=C(N)O3)cc1. The first-order valence-corrected chi connectivity index (χ1v) is 10.2. The summed E-state index contributed by atoms with van der Waals surface area (Å²) in [7, 11) is 4.64.